The first-order valence-electron chi connectivity index (χ1n) is 7.04. The second-order valence-electron chi connectivity index (χ2n) is 5.48. The van der Waals surface area contributed by atoms with E-state index < -0.39 is 5.41 Å². The number of nitrogens with two attached hydrogens (primary N) is 1. The van der Waals surface area contributed by atoms with Crippen molar-refractivity contribution in [1.82, 2.24) is 0 Å². The van der Waals surface area contributed by atoms with Crippen LogP contribution in [0.25, 0.3) is 0 Å². The largest absolute Gasteiger partial charge is 0.329 e. The van der Waals surface area contributed by atoms with Gasteiger partial charge in [0.25, 0.3) is 0 Å². The van der Waals surface area contributed by atoms with Gasteiger partial charge in [0.1, 0.15) is 5.82 Å². The van der Waals surface area contributed by atoms with E-state index in [9.17, 15) is 9.18 Å². The molecule has 0 spiro atoms. The molecule has 1 fully saturated rings. The molecule has 0 unspecified atom stereocenters. The second kappa shape index (κ2) is 6.68. The summed E-state index contributed by atoms with van der Waals surface area (Å²) in [4.78, 5) is 12.6. The SMILES string of the molecule is NCC1(C(=O)Nc2ccc(F)c(Br)c2)CCCCCC1. The number of hydrogen-bond donors (Lipinski definition) is 2. The molecule has 2 rings (SSSR count). The quantitative estimate of drug-likeness (QED) is 0.820. The molecule has 1 aromatic carbocycles. The van der Waals surface area contributed by atoms with Gasteiger partial charge in [-0.25, -0.2) is 4.39 Å². The van der Waals surface area contributed by atoms with Gasteiger partial charge in [-0.3, -0.25) is 4.79 Å². The molecule has 0 bridgehead atoms. The van der Waals surface area contributed by atoms with Gasteiger partial charge in [-0.1, -0.05) is 25.7 Å². The Labute approximate surface area is 127 Å². The topological polar surface area (TPSA) is 55.1 Å². The monoisotopic (exact) mass is 342 g/mol. The molecule has 3 nitrogen and oxygen atoms in total. The molecular weight excluding hydrogens is 323 g/mol. The highest BCUT2D eigenvalue weighted by atomic mass is 79.9. The molecule has 3 N–H and O–H groups in total. The second-order valence-corrected chi connectivity index (χ2v) is 6.34. The van der Waals surface area contributed by atoms with E-state index in [0.29, 0.717) is 16.7 Å². The number of anilines is 1. The molecule has 20 heavy (non-hydrogen) atoms. The molecule has 1 aromatic rings. The fourth-order valence-electron chi connectivity index (χ4n) is 2.77. The average Bonchev–Trinajstić information content (AvgIpc) is 2.69. The first-order chi connectivity index (χ1) is 9.57. The first kappa shape index (κ1) is 15.4. The molecule has 1 saturated carbocycles. The Balaban J connectivity index is 2.14. The Bertz CT molecular complexity index is 485. The van der Waals surface area contributed by atoms with Crippen LogP contribution in [0.2, 0.25) is 0 Å². The number of halogens is 2. The maximum Gasteiger partial charge on any atom is 0.231 e. The first-order valence-corrected chi connectivity index (χ1v) is 7.83. The summed E-state index contributed by atoms with van der Waals surface area (Å²) in [5, 5.41) is 2.88. The molecule has 110 valence electrons. The molecule has 0 radical (unpaired) electrons. The number of rotatable bonds is 3. The minimum Gasteiger partial charge on any atom is -0.329 e. The van der Waals surface area contributed by atoms with E-state index in [-0.39, 0.29) is 11.7 Å². The van der Waals surface area contributed by atoms with Crippen LogP contribution in [0.3, 0.4) is 0 Å². The lowest BCUT2D eigenvalue weighted by Crippen LogP contribution is -2.42. The molecular formula is C15H20BrFN2O. The van der Waals surface area contributed by atoms with Crippen LogP contribution in [-0.2, 0) is 4.79 Å². The number of nitrogens with one attached hydrogen (secondary N) is 1. The van der Waals surface area contributed by atoms with Crippen LogP contribution in [0.15, 0.2) is 22.7 Å². The van der Waals surface area contributed by atoms with E-state index in [0.717, 1.165) is 38.5 Å². The van der Waals surface area contributed by atoms with Crippen LogP contribution in [0.1, 0.15) is 38.5 Å². The third kappa shape index (κ3) is 3.38. The van der Waals surface area contributed by atoms with Gasteiger partial charge in [0.15, 0.2) is 0 Å². The molecule has 5 heteroatoms. The summed E-state index contributed by atoms with van der Waals surface area (Å²) in [5.41, 5.74) is 6.01. The number of carbonyl (C=O) groups excluding carboxylic acids is 1. The molecule has 1 aliphatic carbocycles. The number of amides is 1. The van der Waals surface area contributed by atoms with E-state index in [1.807, 2.05) is 0 Å². The lowest BCUT2D eigenvalue weighted by atomic mass is 9.79. The molecule has 0 atom stereocenters. The minimum atomic E-state index is -0.475. The zero-order chi connectivity index (χ0) is 14.6. The van der Waals surface area contributed by atoms with E-state index in [2.05, 4.69) is 21.2 Å². The number of benzene rings is 1. The lowest BCUT2D eigenvalue weighted by molar-refractivity contribution is -0.125. The Morgan fingerprint density at radius 1 is 1.30 bits per heavy atom. The van der Waals surface area contributed by atoms with E-state index in [4.69, 9.17) is 5.73 Å². The Morgan fingerprint density at radius 3 is 2.50 bits per heavy atom. The zero-order valence-electron chi connectivity index (χ0n) is 11.4. The summed E-state index contributed by atoms with van der Waals surface area (Å²) in [7, 11) is 0. The van der Waals surface area contributed by atoms with Crippen molar-refractivity contribution in [3.8, 4) is 0 Å². The summed E-state index contributed by atoms with van der Waals surface area (Å²) in [6.45, 7) is 0.362. The molecule has 1 amide bonds. The van der Waals surface area contributed by atoms with Gasteiger partial charge in [-0.05, 0) is 47.0 Å². The summed E-state index contributed by atoms with van der Waals surface area (Å²) < 4.78 is 13.6. The lowest BCUT2D eigenvalue weighted by Gasteiger charge is -2.29. The third-order valence-electron chi connectivity index (χ3n) is 4.11. The molecule has 1 aliphatic rings. The highest BCUT2D eigenvalue weighted by molar-refractivity contribution is 9.10. The van der Waals surface area contributed by atoms with Crippen molar-refractivity contribution in [3.63, 3.8) is 0 Å². The Morgan fingerprint density at radius 2 is 1.95 bits per heavy atom. The number of carbonyl (C=O) groups is 1. The van der Waals surface area contributed by atoms with Crippen molar-refractivity contribution in [1.29, 1.82) is 0 Å². The minimum absolute atomic E-state index is 0.0413. The molecule has 0 aromatic heterocycles. The zero-order valence-corrected chi connectivity index (χ0v) is 13.0. The average molecular weight is 343 g/mol. The van der Waals surface area contributed by atoms with Crippen LogP contribution in [0, 0.1) is 11.2 Å². The van der Waals surface area contributed by atoms with Gasteiger partial charge in [0, 0.05) is 12.2 Å². The molecule has 0 aliphatic heterocycles. The maximum absolute atomic E-state index is 13.2. The van der Waals surface area contributed by atoms with Gasteiger partial charge in [-0.2, -0.15) is 0 Å². The maximum atomic E-state index is 13.2. The standard InChI is InChI=1S/C15H20BrFN2O/c16-12-9-11(5-6-13(12)17)19-14(20)15(10-18)7-3-1-2-4-8-15/h5-6,9H,1-4,7-8,10,18H2,(H,19,20). The van der Waals surface area contributed by atoms with Gasteiger partial charge in [0.05, 0.1) is 9.89 Å². The predicted molar refractivity (Wildman–Crippen MR) is 81.9 cm³/mol. The van der Waals surface area contributed by atoms with Crippen molar-refractivity contribution in [2.24, 2.45) is 11.1 Å². The Kier molecular flexibility index (Phi) is 5.16. The smallest absolute Gasteiger partial charge is 0.231 e. The fraction of sp³-hybridized carbons (Fsp3) is 0.533. The van der Waals surface area contributed by atoms with Crippen molar-refractivity contribution in [3.05, 3.63) is 28.5 Å². The normalized spacial score (nSPS) is 18.4. The van der Waals surface area contributed by atoms with E-state index in [1.165, 1.54) is 6.07 Å². The third-order valence-corrected chi connectivity index (χ3v) is 4.72. The fourth-order valence-corrected chi connectivity index (χ4v) is 3.15. The molecule has 0 heterocycles. The van der Waals surface area contributed by atoms with Gasteiger partial charge < -0.3 is 11.1 Å². The summed E-state index contributed by atoms with van der Waals surface area (Å²) in [6.07, 6.45) is 6.07. The number of hydrogen-bond acceptors (Lipinski definition) is 2. The highest BCUT2D eigenvalue weighted by Crippen LogP contribution is 2.35. The Hall–Kier alpha value is -0.940. The van der Waals surface area contributed by atoms with Crippen LogP contribution in [0.4, 0.5) is 10.1 Å². The van der Waals surface area contributed by atoms with Gasteiger partial charge >= 0.3 is 0 Å². The highest BCUT2D eigenvalue weighted by Gasteiger charge is 2.37. The van der Waals surface area contributed by atoms with Crippen molar-refractivity contribution in [2.75, 3.05) is 11.9 Å². The summed E-state index contributed by atoms with van der Waals surface area (Å²) in [6, 6.07) is 4.48. The molecule has 0 saturated heterocycles. The van der Waals surface area contributed by atoms with E-state index >= 15 is 0 Å². The predicted octanol–water partition coefficient (Wildman–Crippen LogP) is 3.83. The summed E-state index contributed by atoms with van der Waals surface area (Å²) >= 11 is 3.12. The van der Waals surface area contributed by atoms with Crippen molar-refractivity contribution < 1.29 is 9.18 Å². The van der Waals surface area contributed by atoms with Crippen molar-refractivity contribution in [2.45, 2.75) is 38.5 Å². The van der Waals surface area contributed by atoms with Crippen molar-refractivity contribution >= 4 is 27.5 Å². The van der Waals surface area contributed by atoms with Crippen LogP contribution < -0.4 is 11.1 Å². The van der Waals surface area contributed by atoms with Gasteiger partial charge in [0.2, 0.25) is 5.91 Å². The van der Waals surface area contributed by atoms with Crippen LogP contribution in [-0.4, -0.2) is 12.5 Å². The summed E-state index contributed by atoms with van der Waals surface area (Å²) in [5.74, 6) is -0.383. The van der Waals surface area contributed by atoms with Crippen LogP contribution in [0.5, 0.6) is 0 Å². The van der Waals surface area contributed by atoms with Crippen LogP contribution >= 0.6 is 15.9 Å². The van der Waals surface area contributed by atoms with Gasteiger partial charge in [-0.15, -0.1) is 0 Å². The van der Waals surface area contributed by atoms with E-state index in [1.54, 1.807) is 12.1 Å².